The Morgan fingerprint density at radius 2 is 1.68 bits per heavy atom. The van der Waals surface area contributed by atoms with Crippen molar-refractivity contribution < 1.29 is 9.18 Å². The van der Waals surface area contributed by atoms with Gasteiger partial charge >= 0.3 is 0 Å². The van der Waals surface area contributed by atoms with E-state index in [1.54, 1.807) is 12.1 Å². The highest BCUT2D eigenvalue weighted by molar-refractivity contribution is 8.27. The van der Waals surface area contributed by atoms with Crippen molar-refractivity contribution in [1.82, 2.24) is 0 Å². The van der Waals surface area contributed by atoms with Gasteiger partial charge in [0.15, 0.2) is 4.32 Å². The zero-order chi connectivity index (χ0) is 17.4. The molecule has 0 saturated carbocycles. The van der Waals surface area contributed by atoms with Crippen molar-refractivity contribution in [2.45, 2.75) is 0 Å². The minimum absolute atomic E-state index is 0.186. The molecule has 1 saturated heterocycles. The lowest BCUT2D eigenvalue weighted by Gasteiger charge is -2.14. The Morgan fingerprint density at radius 1 is 0.960 bits per heavy atom. The van der Waals surface area contributed by atoms with E-state index < -0.39 is 0 Å². The maximum atomic E-state index is 13.1. The summed E-state index contributed by atoms with van der Waals surface area (Å²) in [5.74, 6) is -0.532. The monoisotopic (exact) mass is 365 g/mol. The van der Waals surface area contributed by atoms with Crippen LogP contribution in [0.1, 0.15) is 5.56 Å². The van der Waals surface area contributed by atoms with Crippen LogP contribution in [0.2, 0.25) is 0 Å². The quantitative estimate of drug-likeness (QED) is 0.449. The van der Waals surface area contributed by atoms with Gasteiger partial charge in [-0.3, -0.25) is 9.69 Å². The lowest BCUT2D eigenvalue weighted by atomic mass is 10.0. The summed E-state index contributed by atoms with van der Waals surface area (Å²) in [6.45, 7) is 0. The molecule has 0 radical (unpaired) electrons. The first-order chi connectivity index (χ1) is 12.1. The third kappa shape index (κ3) is 2.97. The molecule has 25 heavy (non-hydrogen) atoms. The van der Waals surface area contributed by atoms with Crippen LogP contribution < -0.4 is 4.90 Å². The highest BCUT2D eigenvalue weighted by Crippen LogP contribution is 2.36. The number of hydrogen-bond acceptors (Lipinski definition) is 3. The summed E-state index contributed by atoms with van der Waals surface area (Å²) in [6.07, 6.45) is 1.87. The van der Waals surface area contributed by atoms with Crippen molar-refractivity contribution in [2.75, 3.05) is 4.90 Å². The van der Waals surface area contributed by atoms with E-state index >= 15 is 0 Å². The van der Waals surface area contributed by atoms with Crippen LogP contribution in [-0.2, 0) is 4.79 Å². The molecule has 3 aromatic carbocycles. The number of carbonyl (C=O) groups excluding carboxylic acids is 1. The van der Waals surface area contributed by atoms with Gasteiger partial charge in [0.25, 0.3) is 5.91 Å². The van der Waals surface area contributed by atoms with E-state index in [0.717, 1.165) is 16.3 Å². The topological polar surface area (TPSA) is 20.3 Å². The molecular weight excluding hydrogens is 353 g/mol. The van der Waals surface area contributed by atoms with E-state index in [9.17, 15) is 9.18 Å². The Balaban J connectivity index is 1.74. The molecular formula is C20H12FNOS2. The minimum atomic E-state index is -0.347. The van der Waals surface area contributed by atoms with Crippen LogP contribution in [0.25, 0.3) is 16.8 Å². The maximum Gasteiger partial charge on any atom is 0.270 e. The third-order valence-corrected chi connectivity index (χ3v) is 5.29. The molecule has 1 fully saturated rings. The Bertz CT molecular complexity index is 1020. The van der Waals surface area contributed by atoms with Crippen LogP contribution in [0.15, 0.2) is 71.6 Å². The van der Waals surface area contributed by atoms with Crippen molar-refractivity contribution in [1.29, 1.82) is 0 Å². The standard InChI is InChI=1S/C20H12FNOS2/c21-15-8-10-16(11-9-15)22-19(23)18(25-20(22)24)12-14-6-3-5-13-4-1-2-7-17(13)14/h1-12H/b18-12-. The number of halogens is 1. The Labute approximate surface area is 154 Å². The molecule has 4 rings (SSSR count). The van der Waals surface area contributed by atoms with Crippen LogP contribution in [0.5, 0.6) is 0 Å². The zero-order valence-electron chi connectivity index (χ0n) is 13.0. The van der Waals surface area contributed by atoms with Crippen molar-refractivity contribution in [3.8, 4) is 0 Å². The van der Waals surface area contributed by atoms with Crippen molar-refractivity contribution >= 4 is 56.7 Å². The van der Waals surface area contributed by atoms with Gasteiger partial charge in [-0.05, 0) is 46.7 Å². The van der Waals surface area contributed by atoms with Crippen molar-refractivity contribution in [3.05, 3.63) is 83.0 Å². The summed E-state index contributed by atoms with van der Waals surface area (Å²) < 4.78 is 13.6. The maximum absolute atomic E-state index is 13.1. The first-order valence-corrected chi connectivity index (χ1v) is 8.87. The van der Waals surface area contributed by atoms with Gasteiger partial charge in [0.05, 0.1) is 10.6 Å². The number of anilines is 1. The second kappa shape index (κ2) is 6.43. The normalized spacial score (nSPS) is 16.2. The van der Waals surface area contributed by atoms with Crippen LogP contribution in [0, 0.1) is 5.82 Å². The van der Waals surface area contributed by atoms with Gasteiger partial charge in [-0.1, -0.05) is 66.4 Å². The van der Waals surface area contributed by atoms with Gasteiger partial charge < -0.3 is 0 Å². The number of thiocarbonyl (C=S) groups is 1. The molecule has 0 spiro atoms. The molecule has 3 aromatic rings. The number of hydrogen-bond donors (Lipinski definition) is 0. The number of fused-ring (bicyclic) bond motifs is 1. The second-order valence-electron chi connectivity index (χ2n) is 5.56. The lowest BCUT2D eigenvalue weighted by molar-refractivity contribution is -0.113. The van der Waals surface area contributed by atoms with Crippen LogP contribution >= 0.6 is 24.0 Å². The second-order valence-corrected chi connectivity index (χ2v) is 7.24. The summed E-state index contributed by atoms with van der Waals surface area (Å²) >= 11 is 6.61. The highest BCUT2D eigenvalue weighted by Gasteiger charge is 2.33. The first kappa shape index (κ1) is 16.0. The van der Waals surface area contributed by atoms with Crippen LogP contribution in [-0.4, -0.2) is 10.2 Å². The highest BCUT2D eigenvalue weighted by atomic mass is 32.2. The SMILES string of the molecule is O=C1/C(=C/c2cccc3ccccc23)SC(=S)N1c1ccc(F)cc1. The van der Waals surface area contributed by atoms with E-state index in [-0.39, 0.29) is 11.7 Å². The molecule has 0 N–H and O–H groups in total. The molecule has 1 amide bonds. The fraction of sp³-hybridized carbons (Fsp3) is 0. The molecule has 122 valence electrons. The Hall–Kier alpha value is -2.50. The summed E-state index contributed by atoms with van der Waals surface area (Å²) in [6, 6.07) is 19.8. The Morgan fingerprint density at radius 3 is 2.48 bits per heavy atom. The predicted octanol–water partition coefficient (Wildman–Crippen LogP) is 5.38. The summed E-state index contributed by atoms with van der Waals surface area (Å²) in [4.78, 5) is 14.8. The number of rotatable bonds is 2. The van der Waals surface area contributed by atoms with E-state index in [4.69, 9.17) is 12.2 Å². The largest absolute Gasteiger partial charge is 0.270 e. The van der Waals surface area contributed by atoms with Gasteiger partial charge in [-0.25, -0.2) is 4.39 Å². The number of nitrogens with zero attached hydrogens (tertiary/aromatic N) is 1. The zero-order valence-corrected chi connectivity index (χ0v) is 14.6. The fourth-order valence-electron chi connectivity index (χ4n) is 2.80. The van der Waals surface area contributed by atoms with Gasteiger partial charge in [-0.15, -0.1) is 0 Å². The van der Waals surface area contributed by atoms with Gasteiger partial charge in [0, 0.05) is 0 Å². The van der Waals surface area contributed by atoms with E-state index in [0.29, 0.717) is 14.9 Å². The van der Waals surface area contributed by atoms with Crippen molar-refractivity contribution in [3.63, 3.8) is 0 Å². The predicted molar refractivity (Wildman–Crippen MR) is 106 cm³/mol. The van der Waals surface area contributed by atoms with E-state index in [1.807, 2.05) is 48.5 Å². The molecule has 1 heterocycles. The third-order valence-electron chi connectivity index (χ3n) is 3.99. The average Bonchev–Trinajstić information content (AvgIpc) is 2.90. The van der Waals surface area contributed by atoms with E-state index in [2.05, 4.69) is 0 Å². The number of carbonyl (C=O) groups is 1. The molecule has 0 unspecified atom stereocenters. The van der Waals surface area contributed by atoms with Crippen LogP contribution in [0.4, 0.5) is 10.1 Å². The minimum Gasteiger partial charge on any atom is -0.268 e. The van der Waals surface area contributed by atoms with Gasteiger partial charge in [0.2, 0.25) is 0 Å². The number of amides is 1. The number of thioether (sulfide) groups is 1. The van der Waals surface area contributed by atoms with Gasteiger partial charge in [0.1, 0.15) is 5.82 Å². The molecule has 1 aliphatic rings. The summed E-state index contributed by atoms with van der Waals surface area (Å²) in [5, 5.41) is 2.20. The smallest absolute Gasteiger partial charge is 0.268 e. The number of benzene rings is 3. The molecule has 0 bridgehead atoms. The fourth-order valence-corrected chi connectivity index (χ4v) is 4.09. The molecule has 1 aliphatic heterocycles. The Kier molecular flexibility index (Phi) is 4.11. The molecule has 2 nitrogen and oxygen atoms in total. The average molecular weight is 365 g/mol. The lowest BCUT2D eigenvalue weighted by Crippen LogP contribution is -2.27. The van der Waals surface area contributed by atoms with E-state index in [1.165, 1.54) is 28.8 Å². The first-order valence-electron chi connectivity index (χ1n) is 7.65. The molecule has 5 heteroatoms. The summed E-state index contributed by atoms with van der Waals surface area (Å²) in [5.41, 5.74) is 1.54. The summed E-state index contributed by atoms with van der Waals surface area (Å²) in [7, 11) is 0. The van der Waals surface area contributed by atoms with Gasteiger partial charge in [-0.2, -0.15) is 0 Å². The molecule has 0 aliphatic carbocycles. The van der Waals surface area contributed by atoms with Crippen molar-refractivity contribution in [2.24, 2.45) is 0 Å². The van der Waals surface area contributed by atoms with Crippen LogP contribution in [0.3, 0.4) is 0 Å². The molecule has 0 atom stereocenters. The molecule has 0 aromatic heterocycles.